The van der Waals surface area contributed by atoms with Gasteiger partial charge in [0.2, 0.25) is 0 Å². The molecule has 2 heteroatoms. The summed E-state index contributed by atoms with van der Waals surface area (Å²) in [6.45, 7) is 0. The molecule has 0 aliphatic carbocycles. The number of hydrogen-bond donors (Lipinski definition) is 0. The van der Waals surface area contributed by atoms with E-state index in [1.165, 1.54) is 6.08 Å². The average molecular weight is 121 g/mol. The van der Waals surface area contributed by atoms with Gasteiger partial charge >= 0.3 is 0 Å². The molecule has 1 heterocycles. The molecule has 0 atom stereocenters. The molecule has 9 heavy (non-hydrogen) atoms. The quantitative estimate of drug-likeness (QED) is 0.457. The molecule has 0 amide bonds. The third-order valence-electron chi connectivity index (χ3n) is 1.10. The van der Waals surface area contributed by atoms with Crippen molar-refractivity contribution in [2.24, 2.45) is 0 Å². The minimum Gasteiger partial charge on any atom is -0.469 e. The first-order valence-corrected chi connectivity index (χ1v) is 2.84. The first-order valence-electron chi connectivity index (χ1n) is 2.84. The van der Waals surface area contributed by atoms with Crippen molar-refractivity contribution in [2.75, 3.05) is 0 Å². The van der Waals surface area contributed by atoms with E-state index in [1.54, 1.807) is 6.26 Å². The normalized spacial score (nSPS) is 21.0. The van der Waals surface area contributed by atoms with Gasteiger partial charge in [-0.3, -0.25) is 0 Å². The Balaban J connectivity index is 2.56. The van der Waals surface area contributed by atoms with E-state index in [9.17, 15) is 0 Å². The molecule has 1 rings (SSSR count). The van der Waals surface area contributed by atoms with Crippen LogP contribution in [0.2, 0.25) is 0 Å². The van der Waals surface area contributed by atoms with E-state index in [2.05, 4.69) is 0 Å². The smallest absolute Gasteiger partial charge is 0.114 e. The Morgan fingerprint density at radius 3 is 3.22 bits per heavy atom. The summed E-state index contributed by atoms with van der Waals surface area (Å²) in [6, 6.07) is 1.92. The van der Waals surface area contributed by atoms with E-state index in [0.717, 1.165) is 18.6 Å². The molecule has 2 nitrogen and oxygen atoms in total. The highest BCUT2D eigenvalue weighted by Gasteiger charge is 1.98. The van der Waals surface area contributed by atoms with Gasteiger partial charge in [0.1, 0.15) is 5.76 Å². The second-order valence-corrected chi connectivity index (χ2v) is 1.77. The maximum atomic E-state index is 8.19. The molecule has 1 aliphatic rings. The molecule has 0 fully saturated rings. The van der Waals surface area contributed by atoms with Crippen LogP contribution in [0.4, 0.5) is 0 Å². The van der Waals surface area contributed by atoms with Crippen LogP contribution < -0.4 is 0 Å². The molecule has 0 unspecified atom stereocenters. The van der Waals surface area contributed by atoms with Gasteiger partial charge in [0, 0.05) is 6.42 Å². The van der Waals surface area contributed by atoms with Crippen molar-refractivity contribution in [3.63, 3.8) is 0 Å². The van der Waals surface area contributed by atoms with Gasteiger partial charge in [0.25, 0.3) is 0 Å². The van der Waals surface area contributed by atoms with E-state index in [1.807, 2.05) is 12.1 Å². The van der Waals surface area contributed by atoms with Crippen LogP contribution in [0.15, 0.2) is 24.2 Å². The Kier molecular flexibility index (Phi) is 1.92. The summed E-state index contributed by atoms with van der Waals surface area (Å²) in [7, 11) is 0. The molecule has 0 radical (unpaired) electrons. The standard InChI is InChI=1S/C7H7NO/c8-5-4-7-3-1-2-6-9-7/h2,4,6H,1,3H2. The molecule has 0 saturated heterocycles. The van der Waals surface area contributed by atoms with E-state index in [4.69, 9.17) is 10.00 Å². The Morgan fingerprint density at radius 1 is 1.78 bits per heavy atom. The minimum atomic E-state index is 0.764. The molecule has 0 aromatic carbocycles. The van der Waals surface area contributed by atoms with Crippen LogP contribution in [0, 0.1) is 11.3 Å². The van der Waals surface area contributed by atoms with E-state index in [-0.39, 0.29) is 0 Å². The number of nitrogens with zero attached hydrogens (tertiary/aromatic N) is 1. The molecule has 1 aliphatic heterocycles. The minimum absolute atomic E-state index is 0.764. The summed E-state index contributed by atoms with van der Waals surface area (Å²) >= 11 is 0. The van der Waals surface area contributed by atoms with E-state index >= 15 is 0 Å². The average Bonchev–Trinajstić information content (AvgIpc) is 1.91. The van der Waals surface area contributed by atoms with Gasteiger partial charge in [-0.1, -0.05) is 0 Å². The van der Waals surface area contributed by atoms with Gasteiger partial charge in [0.15, 0.2) is 0 Å². The van der Waals surface area contributed by atoms with E-state index in [0.29, 0.717) is 0 Å². The molecular weight excluding hydrogens is 114 g/mol. The molecule has 0 bridgehead atoms. The lowest BCUT2D eigenvalue weighted by atomic mass is 10.2. The zero-order valence-corrected chi connectivity index (χ0v) is 5.00. The molecule has 0 aromatic rings. The summed E-state index contributed by atoms with van der Waals surface area (Å²) in [6.07, 6.45) is 6.82. The second kappa shape index (κ2) is 2.93. The van der Waals surface area contributed by atoms with Crippen LogP contribution in [0.3, 0.4) is 0 Å². The fraction of sp³-hybridized carbons (Fsp3) is 0.286. The predicted octanol–water partition coefficient (Wildman–Crippen LogP) is 1.72. The molecule has 0 spiro atoms. The van der Waals surface area contributed by atoms with Crippen molar-refractivity contribution < 1.29 is 4.74 Å². The lowest BCUT2D eigenvalue weighted by Gasteiger charge is -2.06. The summed E-state index contributed by atoms with van der Waals surface area (Å²) in [4.78, 5) is 0. The third-order valence-corrected chi connectivity index (χ3v) is 1.10. The van der Waals surface area contributed by atoms with Crippen LogP contribution in [0.5, 0.6) is 0 Å². The van der Waals surface area contributed by atoms with Crippen LogP contribution in [0.1, 0.15) is 12.8 Å². The number of hydrogen-bond acceptors (Lipinski definition) is 2. The van der Waals surface area contributed by atoms with Crippen molar-refractivity contribution in [1.29, 1.82) is 5.26 Å². The van der Waals surface area contributed by atoms with Crippen molar-refractivity contribution in [3.05, 3.63) is 24.2 Å². The van der Waals surface area contributed by atoms with E-state index < -0.39 is 0 Å². The van der Waals surface area contributed by atoms with Gasteiger partial charge in [-0.05, 0) is 12.5 Å². The zero-order valence-electron chi connectivity index (χ0n) is 5.00. The van der Waals surface area contributed by atoms with Crippen LogP contribution in [-0.2, 0) is 4.74 Å². The van der Waals surface area contributed by atoms with Crippen molar-refractivity contribution in [3.8, 4) is 6.07 Å². The summed E-state index contributed by atoms with van der Waals surface area (Å²) in [5, 5.41) is 8.19. The molecule has 46 valence electrons. The van der Waals surface area contributed by atoms with Crippen molar-refractivity contribution >= 4 is 0 Å². The van der Waals surface area contributed by atoms with Crippen molar-refractivity contribution in [1.82, 2.24) is 0 Å². The molecular formula is C7H7NO. The highest BCUT2D eigenvalue weighted by atomic mass is 16.5. The first kappa shape index (κ1) is 5.90. The largest absolute Gasteiger partial charge is 0.469 e. The Bertz CT molecular complexity index is 186. The Hall–Kier alpha value is -1.23. The van der Waals surface area contributed by atoms with Crippen LogP contribution in [-0.4, -0.2) is 0 Å². The fourth-order valence-corrected chi connectivity index (χ4v) is 0.666. The van der Waals surface area contributed by atoms with Crippen LogP contribution >= 0.6 is 0 Å². The lowest BCUT2D eigenvalue weighted by Crippen LogP contribution is -1.89. The number of allylic oxidation sites excluding steroid dienone is 3. The van der Waals surface area contributed by atoms with Gasteiger partial charge in [-0.25, -0.2) is 0 Å². The molecule has 0 aromatic heterocycles. The molecule has 0 N–H and O–H groups in total. The highest BCUT2D eigenvalue weighted by Crippen LogP contribution is 2.12. The fourth-order valence-electron chi connectivity index (χ4n) is 0.666. The molecule has 0 saturated carbocycles. The maximum Gasteiger partial charge on any atom is 0.114 e. The predicted molar refractivity (Wildman–Crippen MR) is 33.2 cm³/mol. The summed E-state index contributed by atoms with van der Waals surface area (Å²) in [5.74, 6) is 0.764. The monoisotopic (exact) mass is 121 g/mol. The maximum absolute atomic E-state index is 8.19. The SMILES string of the molecule is N#CC=C1CCC=CO1. The number of ether oxygens (including phenoxy) is 1. The summed E-state index contributed by atoms with van der Waals surface area (Å²) < 4.78 is 4.98. The van der Waals surface area contributed by atoms with Gasteiger partial charge in [-0.15, -0.1) is 0 Å². The highest BCUT2D eigenvalue weighted by molar-refractivity contribution is 5.11. The second-order valence-electron chi connectivity index (χ2n) is 1.77. The van der Waals surface area contributed by atoms with Crippen LogP contribution in [0.25, 0.3) is 0 Å². The van der Waals surface area contributed by atoms with Gasteiger partial charge in [-0.2, -0.15) is 5.26 Å². The number of rotatable bonds is 0. The van der Waals surface area contributed by atoms with Gasteiger partial charge in [0.05, 0.1) is 18.4 Å². The van der Waals surface area contributed by atoms with Crippen molar-refractivity contribution in [2.45, 2.75) is 12.8 Å². The lowest BCUT2D eigenvalue weighted by molar-refractivity contribution is 0.319. The third kappa shape index (κ3) is 1.61. The topological polar surface area (TPSA) is 33.0 Å². The Labute approximate surface area is 54.0 Å². The number of nitriles is 1. The summed E-state index contributed by atoms with van der Waals surface area (Å²) in [5.41, 5.74) is 0. The van der Waals surface area contributed by atoms with Gasteiger partial charge < -0.3 is 4.74 Å². The Morgan fingerprint density at radius 2 is 2.67 bits per heavy atom. The first-order chi connectivity index (χ1) is 4.43. The zero-order chi connectivity index (χ0) is 6.53.